The number of hydrogen-bond donors (Lipinski definition) is 4. The van der Waals surface area contributed by atoms with Crippen LogP contribution in [0.25, 0.3) is 0 Å². The third-order valence-corrected chi connectivity index (χ3v) is 7.04. The zero-order chi connectivity index (χ0) is 27.4. The number of hydrogen-bond acceptors (Lipinski definition) is 4. The van der Waals surface area contributed by atoms with Crippen molar-refractivity contribution < 1.29 is 20.1 Å². The van der Waals surface area contributed by atoms with Gasteiger partial charge in [-0.3, -0.25) is 4.79 Å². The Labute approximate surface area is 229 Å². The van der Waals surface area contributed by atoms with Crippen LogP contribution < -0.4 is 5.32 Å². The standard InChI is InChI=1S/C32H61NO4/c1-3-5-7-9-11-13-15-16-17-19-20-22-24-26-30(35)29(28-34)33-32(37)31(36)27-25-23-21-18-14-12-10-8-6-4-2/h17,19,24,26,29-31,34-36H,3-16,18,20-23,25,27-28H2,1-2H3,(H,33,37). The molecule has 0 aliphatic carbocycles. The molecule has 0 aromatic rings. The van der Waals surface area contributed by atoms with Crippen molar-refractivity contribution in [1.29, 1.82) is 0 Å². The number of nitrogens with one attached hydrogen (secondary N) is 1. The van der Waals surface area contributed by atoms with Gasteiger partial charge < -0.3 is 20.6 Å². The Morgan fingerprint density at radius 1 is 0.649 bits per heavy atom. The zero-order valence-corrected chi connectivity index (χ0v) is 24.3. The SMILES string of the molecule is CCCCCCCCCC=CCCC=CC(O)C(CO)NC(=O)C(O)CCCCCCCCCCCC. The van der Waals surface area contributed by atoms with Gasteiger partial charge in [-0.25, -0.2) is 0 Å². The summed E-state index contributed by atoms with van der Waals surface area (Å²) in [6.07, 6.45) is 30.4. The lowest BCUT2D eigenvalue weighted by Gasteiger charge is -2.21. The first-order chi connectivity index (χ1) is 18.1. The predicted octanol–water partition coefficient (Wildman–Crippen LogP) is 7.53. The van der Waals surface area contributed by atoms with Crippen LogP contribution in [-0.2, 0) is 4.79 Å². The van der Waals surface area contributed by atoms with Crippen LogP contribution in [0.4, 0.5) is 0 Å². The van der Waals surface area contributed by atoms with Crippen LogP contribution in [-0.4, -0.2) is 46.1 Å². The zero-order valence-electron chi connectivity index (χ0n) is 24.3. The summed E-state index contributed by atoms with van der Waals surface area (Å²) in [6.45, 7) is 4.10. The molecule has 5 heteroatoms. The Morgan fingerprint density at radius 2 is 1.11 bits per heavy atom. The van der Waals surface area contributed by atoms with Gasteiger partial charge in [0.15, 0.2) is 0 Å². The highest BCUT2D eigenvalue weighted by molar-refractivity contribution is 5.80. The highest BCUT2D eigenvalue weighted by Gasteiger charge is 2.22. The first-order valence-corrected chi connectivity index (χ1v) is 15.7. The molecule has 0 heterocycles. The first kappa shape index (κ1) is 35.8. The van der Waals surface area contributed by atoms with Crippen molar-refractivity contribution in [2.75, 3.05) is 6.61 Å². The molecule has 3 atom stereocenters. The average molecular weight is 524 g/mol. The van der Waals surface area contributed by atoms with E-state index in [-0.39, 0.29) is 6.61 Å². The van der Waals surface area contributed by atoms with Crippen molar-refractivity contribution in [2.45, 2.75) is 167 Å². The smallest absolute Gasteiger partial charge is 0.249 e. The lowest BCUT2D eigenvalue weighted by Crippen LogP contribution is -2.48. The third-order valence-electron chi connectivity index (χ3n) is 7.04. The number of carbonyl (C=O) groups excluding carboxylic acids is 1. The summed E-state index contributed by atoms with van der Waals surface area (Å²) in [5.74, 6) is -0.518. The second-order valence-electron chi connectivity index (χ2n) is 10.7. The molecule has 218 valence electrons. The van der Waals surface area contributed by atoms with Gasteiger partial charge in [-0.15, -0.1) is 0 Å². The largest absolute Gasteiger partial charge is 0.394 e. The molecule has 0 spiro atoms. The predicted molar refractivity (Wildman–Crippen MR) is 158 cm³/mol. The summed E-state index contributed by atoms with van der Waals surface area (Å²) >= 11 is 0. The molecule has 0 fully saturated rings. The van der Waals surface area contributed by atoms with E-state index in [4.69, 9.17) is 0 Å². The minimum absolute atomic E-state index is 0.374. The van der Waals surface area contributed by atoms with E-state index in [1.54, 1.807) is 6.08 Å². The third kappa shape index (κ3) is 23.7. The molecule has 3 unspecified atom stereocenters. The molecule has 4 N–H and O–H groups in total. The fourth-order valence-electron chi connectivity index (χ4n) is 4.49. The summed E-state index contributed by atoms with van der Waals surface area (Å²) in [6, 6.07) is -0.807. The van der Waals surface area contributed by atoms with Gasteiger partial charge in [0, 0.05) is 0 Å². The van der Waals surface area contributed by atoms with Gasteiger partial charge in [-0.1, -0.05) is 141 Å². The summed E-state index contributed by atoms with van der Waals surface area (Å²) in [5.41, 5.74) is 0. The summed E-state index contributed by atoms with van der Waals surface area (Å²) < 4.78 is 0. The van der Waals surface area contributed by atoms with E-state index >= 15 is 0 Å². The number of aliphatic hydroxyl groups excluding tert-OH is 3. The second-order valence-corrected chi connectivity index (χ2v) is 10.7. The van der Waals surface area contributed by atoms with Crippen LogP contribution in [0.15, 0.2) is 24.3 Å². The minimum Gasteiger partial charge on any atom is -0.394 e. The van der Waals surface area contributed by atoms with E-state index < -0.39 is 24.2 Å². The fourth-order valence-corrected chi connectivity index (χ4v) is 4.49. The molecule has 0 aromatic carbocycles. The Morgan fingerprint density at radius 3 is 1.65 bits per heavy atom. The number of unbranched alkanes of at least 4 members (excludes halogenated alkanes) is 17. The summed E-state index contributed by atoms with van der Waals surface area (Å²) in [7, 11) is 0. The number of allylic oxidation sites excluding steroid dienone is 3. The fraction of sp³-hybridized carbons (Fsp3) is 0.844. The molecule has 5 nitrogen and oxygen atoms in total. The average Bonchev–Trinajstić information content (AvgIpc) is 2.90. The Balaban J connectivity index is 3.89. The van der Waals surface area contributed by atoms with Gasteiger partial charge in [0.1, 0.15) is 6.10 Å². The van der Waals surface area contributed by atoms with Crippen molar-refractivity contribution in [3.8, 4) is 0 Å². The number of rotatable bonds is 27. The van der Waals surface area contributed by atoms with Crippen molar-refractivity contribution in [2.24, 2.45) is 0 Å². The van der Waals surface area contributed by atoms with Crippen molar-refractivity contribution in [1.82, 2.24) is 5.32 Å². The first-order valence-electron chi connectivity index (χ1n) is 15.7. The molecule has 0 radical (unpaired) electrons. The van der Waals surface area contributed by atoms with Crippen LogP contribution in [0.5, 0.6) is 0 Å². The molecule has 0 aliphatic heterocycles. The quantitative estimate of drug-likeness (QED) is 0.0661. The normalized spacial score (nSPS) is 14.4. The maximum absolute atomic E-state index is 12.3. The van der Waals surface area contributed by atoms with E-state index in [1.165, 1.54) is 89.9 Å². The van der Waals surface area contributed by atoms with Crippen LogP contribution in [0.1, 0.15) is 149 Å². The van der Waals surface area contributed by atoms with Gasteiger partial charge in [0.25, 0.3) is 0 Å². The summed E-state index contributed by atoms with van der Waals surface area (Å²) in [5, 5.41) is 32.7. The Kier molecular flexibility index (Phi) is 27.0. The van der Waals surface area contributed by atoms with Gasteiger partial charge in [-0.2, -0.15) is 0 Å². The van der Waals surface area contributed by atoms with Gasteiger partial charge in [0.05, 0.1) is 18.8 Å². The minimum atomic E-state index is -1.10. The number of amides is 1. The van der Waals surface area contributed by atoms with E-state index in [9.17, 15) is 20.1 Å². The van der Waals surface area contributed by atoms with Crippen LogP contribution >= 0.6 is 0 Å². The molecule has 37 heavy (non-hydrogen) atoms. The van der Waals surface area contributed by atoms with Crippen LogP contribution in [0.2, 0.25) is 0 Å². The molecule has 0 bridgehead atoms. The van der Waals surface area contributed by atoms with E-state index in [0.717, 1.165) is 38.5 Å². The molecule has 0 saturated carbocycles. The van der Waals surface area contributed by atoms with Crippen molar-refractivity contribution in [3.63, 3.8) is 0 Å². The maximum Gasteiger partial charge on any atom is 0.249 e. The van der Waals surface area contributed by atoms with Crippen LogP contribution in [0.3, 0.4) is 0 Å². The lowest BCUT2D eigenvalue weighted by atomic mass is 10.0. The van der Waals surface area contributed by atoms with Crippen molar-refractivity contribution >= 4 is 5.91 Å². The summed E-state index contributed by atoms with van der Waals surface area (Å²) in [4.78, 5) is 12.3. The highest BCUT2D eigenvalue weighted by Crippen LogP contribution is 2.13. The van der Waals surface area contributed by atoms with Crippen molar-refractivity contribution in [3.05, 3.63) is 24.3 Å². The maximum atomic E-state index is 12.3. The molecule has 0 saturated heterocycles. The molecule has 0 aliphatic rings. The highest BCUT2D eigenvalue weighted by atomic mass is 16.3. The van der Waals surface area contributed by atoms with E-state index in [1.807, 2.05) is 6.08 Å². The van der Waals surface area contributed by atoms with Gasteiger partial charge >= 0.3 is 0 Å². The van der Waals surface area contributed by atoms with Gasteiger partial charge in [-0.05, 0) is 32.1 Å². The van der Waals surface area contributed by atoms with Gasteiger partial charge in [0.2, 0.25) is 5.91 Å². The van der Waals surface area contributed by atoms with E-state index in [0.29, 0.717) is 6.42 Å². The van der Waals surface area contributed by atoms with Crippen LogP contribution in [0, 0.1) is 0 Å². The molecule has 1 amide bonds. The number of carbonyl (C=O) groups is 1. The second kappa shape index (κ2) is 27.9. The molecular formula is C32H61NO4. The molecule has 0 rings (SSSR count). The Bertz CT molecular complexity index is 549. The lowest BCUT2D eigenvalue weighted by molar-refractivity contribution is -0.131. The molecular weight excluding hydrogens is 462 g/mol. The van der Waals surface area contributed by atoms with E-state index in [2.05, 4.69) is 31.3 Å². The monoisotopic (exact) mass is 523 g/mol. The Hall–Kier alpha value is -1.17. The number of aliphatic hydroxyl groups is 3. The topological polar surface area (TPSA) is 89.8 Å². The molecule has 0 aromatic heterocycles.